The number of rotatable bonds is 6. The number of hydrogen-bond acceptors (Lipinski definition) is 4. The van der Waals surface area contributed by atoms with Crippen LogP contribution in [0.1, 0.15) is 41.3 Å². The highest BCUT2D eigenvalue weighted by molar-refractivity contribution is 7.89. The molecular weight excluding hydrogens is 460 g/mol. The fourth-order valence-electron chi connectivity index (χ4n) is 3.85. The van der Waals surface area contributed by atoms with Crippen LogP contribution >= 0.6 is 11.6 Å². The zero-order valence-corrected chi connectivity index (χ0v) is 20.3. The molecule has 2 heterocycles. The van der Waals surface area contributed by atoms with Gasteiger partial charge in [-0.15, -0.1) is 0 Å². The molecule has 33 heavy (non-hydrogen) atoms. The largest absolute Gasteiger partial charge is 0.336 e. The molecule has 1 aromatic heterocycles. The Morgan fingerprint density at radius 2 is 1.70 bits per heavy atom. The molecule has 0 saturated carbocycles. The normalized spacial score (nSPS) is 15.2. The Labute approximate surface area is 199 Å². The molecule has 1 aliphatic rings. The van der Waals surface area contributed by atoms with Crippen LogP contribution in [-0.4, -0.2) is 59.5 Å². The maximum absolute atomic E-state index is 13.0. The summed E-state index contributed by atoms with van der Waals surface area (Å²) in [7, 11) is -3.59. The van der Waals surface area contributed by atoms with Gasteiger partial charge in [-0.3, -0.25) is 9.48 Å². The second-order valence-corrected chi connectivity index (χ2v) is 10.8. The molecule has 2 aromatic carbocycles. The summed E-state index contributed by atoms with van der Waals surface area (Å²) in [6.45, 7) is 5.78. The van der Waals surface area contributed by atoms with Gasteiger partial charge in [-0.2, -0.15) is 9.40 Å². The second kappa shape index (κ2) is 9.67. The van der Waals surface area contributed by atoms with E-state index in [2.05, 4.69) is 18.9 Å². The first-order valence-corrected chi connectivity index (χ1v) is 12.7. The minimum absolute atomic E-state index is 0.154. The van der Waals surface area contributed by atoms with Crippen LogP contribution in [0.2, 0.25) is 5.02 Å². The summed E-state index contributed by atoms with van der Waals surface area (Å²) in [4.78, 5) is 14.9. The predicted octanol–water partition coefficient (Wildman–Crippen LogP) is 3.85. The summed E-state index contributed by atoms with van der Waals surface area (Å²) in [5.41, 5.74) is 2.49. The van der Waals surface area contributed by atoms with E-state index in [4.69, 9.17) is 11.6 Å². The third kappa shape index (κ3) is 5.13. The van der Waals surface area contributed by atoms with Crippen molar-refractivity contribution in [3.63, 3.8) is 0 Å². The third-order valence-electron chi connectivity index (χ3n) is 5.88. The number of nitrogens with zero attached hydrogens (tertiary/aromatic N) is 4. The van der Waals surface area contributed by atoms with Crippen molar-refractivity contribution in [2.45, 2.75) is 31.2 Å². The van der Waals surface area contributed by atoms with Crippen molar-refractivity contribution in [3.8, 4) is 0 Å². The lowest BCUT2D eigenvalue weighted by Crippen LogP contribution is -2.50. The number of amides is 1. The Hall–Kier alpha value is -2.68. The molecule has 1 aliphatic heterocycles. The van der Waals surface area contributed by atoms with Crippen molar-refractivity contribution in [2.24, 2.45) is 0 Å². The maximum atomic E-state index is 13.0. The van der Waals surface area contributed by atoms with E-state index in [9.17, 15) is 13.2 Å². The second-order valence-electron chi connectivity index (χ2n) is 8.44. The first kappa shape index (κ1) is 23.5. The molecule has 0 radical (unpaired) electrons. The van der Waals surface area contributed by atoms with E-state index < -0.39 is 10.0 Å². The van der Waals surface area contributed by atoms with Gasteiger partial charge >= 0.3 is 0 Å². The Morgan fingerprint density at radius 3 is 2.33 bits per heavy atom. The third-order valence-corrected chi connectivity index (χ3v) is 8.16. The molecule has 1 amide bonds. The van der Waals surface area contributed by atoms with Crippen molar-refractivity contribution >= 4 is 27.5 Å². The van der Waals surface area contributed by atoms with Gasteiger partial charge in [0.05, 0.1) is 23.2 Å². The average molecular weight is 487 g/mol. The van der Waals surface area contributed by atoms with Gasteiger partial charge < -0.3 is 4.90 Å². The van der Waals surface area contributed by atoms with E-state index in [1.54, 1.807) is 34.1 Å². The van der Waals surface area contributed by atoms with Crippen LogP contribution < -0.4 is 0 Å². The fourth-order valence-corrected chi connectivity index (χ4v) is 5.47. The average Bonchev–Trinajstić information content (AvgIpc) is 3.29. The Bertz CT molecular complexity index is 1230. The summed E-state index contributed by atoms with van der Waals surface area (Å²) in [6.07, 6.45) is 3.24. The van der Waals surface area contributed by atoms with E-state index in [1.165, 1.54) is 4.31 Å². The molecule has 0 unspecified atom stereocenters. The monoisotopic (exact) mass is 486 g/mol. The summed E-state index contributed by atoms with van der Waals surface area (Å²) < 4.78 is 29.2. The van der Waals surface area contributed by atoms with Crippen molar-refractivity contribution in [2.75, 3.05) is 26.2 Å². The molecule has 0 N–H and O–H groups in total. The zero-order valence-electron chi connectivity index (χ0n) is 18.7. The maximum Gasteiger partial charge on any atom is 0.257 e. The standard InChI is InChI=1S/C24H27ClN4O3S/c1-18(2)19-7-9-22(10-8-19)33(31,32)29-13-11-27(12-14-29)24(30)21-15-26-28(17-21)16-20-5-3-4-6-23(20)25/h3-10,15,17-18H,11-14,16H2,1-2H3. The first-order chi connectivity index (χ1) is 15.8. The number of sulfonamides is 1. The van der Waals surface area contributed by atoms with Crippen molar-refractivity contribution in [3.05, 3.63) is 82.6 Å². The Morgan fingerprint density at radius 1 is 1.03 bits per heavy atom. The molecule has 0 bridgehead atoms. The van der Waals surface area contributed by atoms with Gasteiger partial charge in [0.25, 0.3) is 5.91 Å². The zero-order chi connectivity index (χ0) is 23.6. The molecule has 7 nitrogen and oxygen atoms in total. The van der Waals surface area contributed by atoms with Crippen LogP contribution in [0.5, 0.6) is 0 Å². The predicted molar refractivity (Wildman–Crippen MR) is 128 cm³/mol. The van der Waals surface area contributed by atoms with Crippen LogP contribution in [0.4, 0.5) is 0 Å². The number of carbonyl (C=O) groups is 1. The molecule has 0 aliphatic carbocycles. The van der Waals surface area contributed by atoms with Crippen LogP contribution in [0.15, 0.2) is 65.8 Å². The van der Waals surface area contributed by atoms with Crippen LogP contribution in [0.3, 0.4) is 0 Å². The quantitative estimate of drug-likeness (QED) is 0.530. The number of benzene rings is 2. The SMILES string of the molecule is CC(C)c1ccc(S(=O)(=O)N2CCN(C(=O)c3cnn(Cc4ccccc4Cl)c3)CC2)cc1. The van der Waals surface area contributed by atoms with E-state index in [0.29, 0.717) is 36.1 Å². The van der Waals surface area contributed by atoms with Gasteiger partial charge in [0.2, 0.25) is 10.0 Å². The number of halogens is 1. The Kier molecular flexibility index (Phi) is 6.88. The highest BCUT2D eigenvalue weighted by atomic mass is 35.5. The van der Waals surface area contributed by atoms with Gasteiger partial charge in [0, 0.05) is 37.4 Å². The van der Waals surface area contributed by atoms with Crippen molar-refractivity contribution in [1.82, 2.24) is 19.0 Å². The van der Waals surface area contributed by atoms with Gasteiger partial charge in [-0.25, -0.2) is 8.42 Å². The minimum Gasteiger partial charge on any atom is -0.336 e. The van der Waals surface area contributed by atoms with Gasteiger partial charge in [-0.1, -0.05) is 55.8 Å². The topological polar surface area (TPSA) is 75.5 Å². The molecule has 1 fully saturated rings. The summed E-state index contributed by atoms with van der Waals surface area (Å²) in [5.74, 6) is 0.184. The summed E-state index contributed by atoms with van der Waals surface area (Å²) in [5, 5.41) is 4.94. The van der Waals surface area contributed by atoms with E-state index in [0.717, 1.165) is 11.1 Å². The molecule has 174 valence electrons. The molecule has 0 atom stereocenters. The molecule has 9 heteroatoms. The smallest absolute Gasteiger partial charge is 0.257 e. The van der Waals surface area contributed by atoms with Gasteiger partial charge in [0.15, 0.2) is 0 Å². The molecule has 0 spiro atoms. The van der Waals surface area contributed by atoms with Crippen molar-refractivity contribution < 1.29 is 13.2 Å². The van der Waals surface area contributed by atoms with Crippen LogP contribution in [-0.2, 0) is 16.6 Å². The molecular formula is C24H27ClN4O3S. The van der Waals surface area contributed by atoms with Crippen molar-refractivity contribution in [1.29, 1.82) is 0 Å². The van der Waals surface area contributed by atoms with E-state index in [-0.39, 0.29) is 23.9 Å². The highest BCUT2D eigenvalue weighted by Gasteiger charge is 2.30. The lowest BCUT2D eigenvalue weighted by Gasteiger charge is -2.33. The summed E-state index contributed by atoms with van der Waals surface area (Å²) >= 11 is 6.21. The number of hydrogen-bond donors (Lipinski definition) is 0. The van der Waals surface area contributed by atoms with Crippen LogP contribution in [0.25, 0.3) is 0 Å². The number of aromatic nitrogens is 2. The van der Waals surface area contributed by atoms with E-state index >= 15 is 0 Å². The molecule has 3 aromatic rings. The minimum atomic E-state index is -3.59. The van der Waals surface area contributed by atoms with Gasteiger partial charge in [0.1, 0.15) is 0 Å². The number of piperazine rings is 1. The number of carbonyl (C=O) groups excluding carboxylic acids is 1. The Balaban J connectivity index is 1.38. The van der Waals surface area contributed by atoms with E-state index in [1.807, 2.05) is 36.4 Å². The highest BCUT2D eigenvalue weighted by Crippen LogP contribution is 2.22. The molecule has 4 rings (SSSR count). The van der Waals surface area contributed by atoms with Crippen LogP contribution in [0, 0.1) is 0 Å². The van der Waals surface area contributed by atoms with Gasteiger partial charge in [-0.05, 0) is 35.2 Å². The fraction of sp³-hybridized carbons (Fsp3) is 0.333. The lowest BCUT2D eigenvalue weighted by atomic mass is 10.0. The lowest BCUT2D eigenvalue weighted by molar-refractivity contribution is 0.0698. The summed E-state index contributed by atoms with van der Waals surface area (Å²) in [6, 6.07) is 14.5. The first-order valence-electron chi connectivity index (χ1n) is 10.9. The molecule has 1 saturated heterocycles.